The van der Waals surface area contributed by atoms with E-state index in [-0.39, 0.29) is 49.3 Å². The first-order valence-electron chi connectivity index (χ1n) is 23.4. The number of benzene rings is 2. The average molecular weight is 902 g/mol. The zero-order chi connectivity index (χ0) is 47.6. The number of cyclic esters (lactones) is 1. The monoisotopic (exact) mass is 902 g/mol. The van der Waals surface area contributed by atoms with Crippen molar-refractivity contribution in [2.45, 2.75) is 105 Å². The summed E-state index contributed by atoms with van der Waals surface area (Å²) in [5, 5.41) is 5.59. The Labute approximate surface area is 389 Å². The number of ether oxygens (including phenoxy) is 2. The van der Waals surface area contributed by atoms with E-state index in [0.717, 1.165) is 50.1 Å². The zero-order valence-electron chi connectivity index (χ0n) is 40.1. The Morgan fingerprint density at radius 3 is 2.55 bits per heavy atom. The van der Waals surface area contributed by atoms with Gasteiger partial charge in [-0.1, -0.05) is 71.5 Å². The first-order chi connectivity index (χ1) is 31.5. The number of carbonyl (C=O) groups excluding carboxylic acids is 5. The topological polar surface area (TPSA) is 155 Å². The van der Waals surface area contributed by atoms with Gasteiger partial charge in [0, 0.05) is 74.8 Å². The number of aromatic nitrogens is 2. The van der Waals surface area contributed by atoms with Gasteiger partial charge in [0.15, 0.2) is 0 Å². The van der Waals surface area contributed by atoms with Crippen LogP contribution in [-0.4, -0.2) is 112 Å². The van der Waals surface area contributed by atoms with E-state index in [2.05, 4.69) is 79.1 Å². The van der Waals surface area contributed by atoms with E-state index in [4.69, 9.17) is 14.5 Å². The molecule has 14 heteroatoms. The number of likely N-dealkylation sites (tertiary alicyclic amines) is 1. The number of amides is 4. The summed E-state index contributed by atoms with van der Waals surface area (Å²) in [5.41, 5.74) is 10.5. The third kappa shape index (κ3) is 9.81. The van der Waals surface area contributed by atoms with Crippen molar-refractivity contribution in [2.75, 3.05) is 40.4 Å². The molecule has 0 spiro atoms. The van der Waals surface area contributed by atoms with Crippen LogP contribution in [0.2, 0.25) is 0 Å². The molecule has 352 valence electrons. The van der Waals surface area contributed by atoms with Crippen molar-refractivity contribution in [2.24, 2.45) is 23.2 Å². The number of likely N-dealkylation sites (N-methyl/N-ethyl adjacent to an activating group) is 1. The van der Waals surface area contributed by atoms with Crippen molar-refractivity contribution >= 4 is 40.5 Å². The molecule has 66 heavy (non-hydrogen) atoms. The summed E-state index contributed by atoms with van der Waals surface area (Å²) in [6.45, 7) is 19.4. The Hall–Kier alpha value is -5.86. The molecule has 14 nitrogen and oxygen atoms in total. The molecule has 5 heterocycles. The fourth-order valence-electron chi connectivity index (χ4n) is 10.2. The highest BCUT2D eigenvalue weighted by Gasteiger charge is 2.42. The number of pyridine rings is 1. The SMILES string of the molecule is C=CC(=O)N1C[C@@H](C)[C@H](C(=O)N(C)C(C(=O)N[C@H]2Cc3cccc(c3)-c3ccc4c(c3)c(c(-c3cccnc3[C@H](C)OC)n4CC)CC(C)(C)COC(=O)[C@@H]3CCCN(N3)C2=O)C(C)C)C1. The highest BCUT2D eigenvalue weighted by molar-refractivity contribution is 5.96. The van der Waals surface area contributed by atoms with Crippen molar-refractivity contribution in [3.63, 3.8) is 0 Å². The number of hydrogen-bond acceptors (Lipinski definition) is 9. The fourth-order valence-corrected chi connectivity index (χ4v) is 10.2. The molecule has 3 aliphatic heterocycles. The van der Waals surface area contributed by atoms with Gasteiger partial charge in [-0.25, -0.2) is 5.43 Å². The number of rotatable bonds is 10. The lowest BCUT2D eigenvalue weighted by Gasteiger charge is -2.37. The quantitative estimate of drug-likeness (QED) is 0.134. The molecular weight excluding hydrogens is 835 g/mol. The highest BCUT2D eigenvalue weighted by Crippen LogP contribution is 2.42. The second-order valence-electron chi connectivity index (χ2n) is 19.5. The average Bonchev–Trinajstić information content (AvgIpc) is 3.85. The van der Waals surface area contributed by atoms with E-state index < -0.39 is 47.2 Å². The second-order valence-corrected chi connectivity index (χ2v) is 19.5. The molecule has 2 aromatic heterocycles. The number of methoxy groups -OCH3 is 1. The van der Waals surface area contributed by atoms with Gasteiger partial charge in [-0.15, -0.1) is 0 Å². The van der Waals surface area contributed by atoms with E-state index in [1.54, 1.807) is 25.3 Å². The Balaban J connectivity index is 1.29. The molecule has 2 aromatic carbocycles. The van der Waals surface area contributed by atoms with Gasteiger partial charge in [-0.3, -0.25) is 34.0 Å². The van der Waals surface area contributed by atoms with Crippen LogP contribution in [0.25, 0.3) is 33.3 Å². The van der Waals surface area contributed by atoms with Gasteiger partial charge in [-0.05, 0) is 97.5 Å². The van der Waals surface area contributed by atoms with Gasteiger partial charge in [0.1, 0.15) is 18.1 Å². The third-order valence-corrected chi connectivity index (χ3v) is 13.7. The van der Waals surface area contributed by atoms with Crippen LogP contribution in [0.1, 0.15) is 84.2 Å². The Bertz CT molecular complexity index is 2500. The number of carbonyl (C=O) groups is 5. The van der Waals surface area contributed by atoms with E-state index >= 15 is 0 Å². The standard InChI is InChI=1S/C52H67N7O7/c1-11-44(60)57-28-32(5)40(29-57)49(62)56(9)46(31(3)4)48(61)54-42-25-34-16-13-17-35(24-34)36-20-21-43-38(26-36)39(47(58(43)12-2)37-18-14-22-53-45(37)33(6)65-10)27-52(7,8)30-66-51(64)41-19-15-23-59(55-41)50(42)63/h11,13-14,16-18,20-22,24,26,31-33,40-42,46,55H,1,12,15,19,23,25,27-30H2,2-10H3,(H,54,61)/t32-,33+,40-,41+,42+,46?/m1/s1. The second kappa shape index (κ2) is 19.9. The highest BCUT2D eigenvalue weighted by atomic mass is 16.5. The van der Waals surface area contributed by atoms with Crippen LogP contribution in [0.3, 0.4) is 0 Å². The summed E-state index contributed by atoms with van der Waals surface area (Å²) in [6.07, 6.45) is 4.54. The smallest absolute Gasteiger partial charge is 0.324 e. The van der Waals surface area contributed by atoms with Gasteiger partial charge in [-0.2, -0.15) is 0 Å². The number of esters is 1. The molecule has 4 aromatic rings. The lowest BCUT2D eigenvalue weighted by Crippen LogP contribution is -2.62. The molecule has 7 rings (SSSR count). The number of hydrogen-bond donors (Lipinski definition) is 2. The maximum absolute atomic E-state index is 14.7. The maximum atomic E-state index is 14.7. The van der Waals surface area contributed by atoms with Gasteiger partial charge in [0.2, 0.25) is 17.7 Å². The molecule has 0 aliphatic carbocycles. The van der Waals surface area contributed by atoms with Crippen LogP contribution in [0, 0.1) is 23.2 Å². The summed E-state index contributed by atoms with van der Waals surface area (Å²) < 4.78 is 14.3. The number of fused-ring (bicyclic) bond motifs is 6. The lowest BCUT2D eigenvalue weighted by molar-refractivity contribution is -0.155. The van der Waals surface area contributed by atoms with Crippen LogP contribution in [0.15, 0.2) is 73.4 Å². The number of nitrogens with zero attached hydrogens (tertiary/aromatic N) is 5. The predicted molar refractivity (Wildman–Crippen MR) is 254 cm³/mol. The summed E-state index contributed by atoms with van der Waals surface area (Å²) >= 11 is 0. The minimum atomic E-state index is -1.05. The van der Waals surface area contributed by atoms with Crippen LogP contribution in [0.5, 0.6) is 0 Å². The molecule has 0 saturated carbocycles. The molecule has 1 unspecified atom stereocenters. The maximum Gasteiger partial charge on any atom is 0.324 e. The Morgan fingerprint density at radius 1 is 1.08 bits per heavy atom. The normalized spacial score (nSPS) is 22.1. The molecule has 6 atom stereocenters. The molecule has 2 saturated heterocycles. The molecule has 6 bridgehead atoms. The summed E-state index contributed by atoms with van der Waals surface area (Å²) in [6, 6.07) is 15.8. The lowest BCUT2D eigenvalue weighted by atomic mass is 9.84. The minimum Gasteiger partial charge on any atom is -0.464 e. The van der Waals surface area contributed by atoms with Crippen molar-refractivity contribution in [3.05, 3.63) is 90.3 Å². The fraction of sp³-hybridized carbons (Fsp3) is 0.500. The van der Waals surface area contributed by atoms with Crippen LogP contribution in [0.4, 0.5) is 0 Å². The predicted octanol–water partition coefficient (Wildman–Crippen LogP) is 6.51. The van der Waals surface area contributed by atoms with Gasteiger partial charge < -0.3 is 29.2 Å². The Morgan fingerprint density at radius 2 is 1.83 bits per heavy atom. The summed E-state index contributed by atoms with van der Waals surface area (Å²) in [5.74, 6) is -2.73. The Kier molecular flexibility index (Phi) is 14.5. The minimum absolute atomic E-state index is 0.120. The van der Waals surface area contributed by atoms with E-state index in [9.17, 15) is 24.0 Å². The number of nitrogens with one attached hydrogen (secondary N) is 2. The van der Waals surface area contributed by atoms with Crippen molar-refractivity contribution in [1.29, 1.82) is 0 Å². The first-order valence-corrected chi connectivity index (χ1v) is 23.4. The van der Waals surface area contributed by atoms with Gasteiger partial charge in [0.05, 0.1) is 30.0 Å². The van der Waals surface area contributed by atoms with Crippen molar-refractivity contribution in [1.82, 2.24) is 35.1 Å². The van der Waals surface area contributed by atoms with E-state index in [0.29, 0.717) is 38.9 Å². The van der Waals surface area contributed by atoms with Crippen molar-refractivity contribution < 1.29 is 33.4 Å². The first kappa shape index (κ1) is 48.1. The third-order valence-electron chi connectivity index (χ3n) is 13.7. The van der Waals surface area contributed by atoms with Gasteiger partial charge >= 0.3 is 5.97 Å². The molecule has 2 N–H and O–H groups in total. The molecule has 3 aliphatic rings. The summed E-state index contributed by atoms with van der Waals surface area (Å²) in [4.78, 5) is 77.7. The van der Waals surface area contributed by atoms with Crippen LogP contribution >= 0.6 is 0 Å². The zero-order valence-corrected chi connectivity index (χ0v) is 40.1. The van der Waals surface area contributed by atoms with Crippen LogP contribution < -0.4 is 10.7 Å². The number of aryl methyl sites for hydroxylation is 1. The van der Waals surface area contributed by atoms with E-state index in [1.165, 1.54) is 16.0 Å². The molecule has 0 radical (unpaired) electrons. The van der Waals surface area contributed by atoms with Crippen LogP contribution in [-0.2, 0) is 52.8 Å². The molecule has 2 fully saturated rings. The van der Waals surface area contributed by atoms with Gasteiger partial charge in [0.25, 0.3) is 5.91 Å². The van der Waals surface area contributed by atoms with E-state index in [1.807, 2.05) is 45.9 Å². The summed E-state index contributed by atoms with van der Waals surface area (Å²) in [7, 11) is 3.31. The molecule has 4 amide bonds. The largest absolute Gasteiger partial charge is 0.464 e. The van der Waals surface area contributed by atoms with Crippen molar-refractivity contribution in [3.8, 4) is 22.4 Å². The molecular formula is C52H67N7O7. The number of hydrazine groups is 1.